The number of aromatic nitrogens is 1. The van der Waals surface area contributed by atoms with Gasteiger partial charge >= 0.3 is 0 Å². The lowest BCUT2D eigenvalue weighted by atomic mass is 9.87. The Morgan fingerprint density at radius 3 is 2.72 bits per heavy atom. The Morgan fingerprint density at radius 2 is 1.97 bits per heavy atom. The van der Waals surface area contributed by atoms with Crippen molar-refractivity contribution in [3.05, 3.63) is 65.4 Å². The molecule has 1 amide bonds. The minimum absolute atomic E-state index is 0.253. The van der Waals surface area contributed by atoms with Crippen LogP contribution in [0.5, 0.6) is 0 Å². The van der Waals surface area contributed by atoms with E-state index in [1.807, 2.05) is 49.4 Å². The largest absolute Gasteiger partial charge is 0.375 e. The van der Waals surface area contributed by atoms with Gasteiger partial charge in [0.2, 0.25) is 0 Å². The van der Waals surface area contributed by atoms with Gasteiger partial charge in [-0.25, -0.2) is 0 Å². The standard InChI is InChI=1S/C24H26N2O3/c1-15(2)10-11-26-21-9-8-16(3)12-19(21)24(29,23(26)28)13-22(27)18-14-25-20-7-5-4-6-17(18)20/h4-9,12,14-15,25,29H,10-11,13H2,1-3H3. The fourth-order valence-corrected chi connectivity index (χ4v) is 4.07. The molecule has 150 valence electrons. The zero-order valence-corrected chi connectivity index (χ0v) is 17.0. The van der Waals surface area contributed by atoms with Crippen molar-refractivity contribution in [2.24, 2.45) is 5.92 Å². The molecule has 0 saturated carbocycles. The maximum atomic E-state index is 13.3. The van der Waals surface area contributed by atoms with E-state index in [0.717, 1.165) is 22.9 Å². The summed E-state index contributed by atoms with van der Waals surface area (Å²) < 4.78 is 0. The first-order chi connectivity index (χ1) is 13.8. The van der Waals surface area contributed by atoms with Gasteiger partial charge in [-0.3, -0.25) is 9.59 Å². The third kappa shape index (κ3) is 3.25. The molecule has 2 heterocycles. The van der Waals surface area contributed by atoms with Crippen LogP contribution in [0.1, 0.15) is 48.2 Å². The van der Waals surface area contributed by atoms with E-state index in [0.29, 0.717) is 29.3 Å². The van der Waals surface area contributed by atoms with Crippen molar-refractivity contribution in [3.63, 3.8) is 0 Å². The van der Waals surface area contributed by atoms with Gasteiger partial charge in [0.1, 0.15) is 0 Å². The fraction of sp³-hybridized carbons (Fsp3) is 0.333. The summed E-state index contributed by atoms with van der Waals surface area (Å²) in [5.74, 6) is -0.235. The molecule has 1 aliphatic heterocycles. The molecule has 1 aliphatic rings. The number of fused-ring (bicyclic) bond motifs is 2. The predicted molar refractivity (Wildman–Crippen MR) is 114 cm³/mol. The molecule has 1 aromatic heterocycles. The van der Waals surface area contributed by atoms with Crippen LogP contribution >= 0.6 is 0 Å². The Morgan fingerprint density at radius 1 is 1.21 bits per heavy atom. The highest BCUT2D eigenvalue weighted by atomic mass is 16.3. The van der Waals surface area contributed by atoms with Crippen LogP contribution in [0.4, 0.5) is 5.69 Å². The number of para-hydroxylation sites is 1. The van der Waals surface area contributed by atoms with Gasteiger partial charge in [0.05, 0.1) is 12.1 Å². The zero-order chi connectivity index (χ0) is 20.8. The topological polar surface area (TPSA) is 73.4 Å². The number of carbonyl (C=O) groups is 2. The summed E-state index contributed by atoms with van der Waals surface area (Å²) in [5.41, 5.74) is 1.69. The number of anilines is 1. The average Bonchev–Trinajstić information content (AvgIpc) is 3.19. The molecule has 0 bridgehead atoms. The number of carbonyl (C=O) groups excluding carboxylic acids is 2. The van der Waals surface area contributed by atoms with Crippen molar-refractivity contribution >= 4 is 28.3 Å². The van der Waals surface area contributed by atoms with Crippen molar-refractivity contribution < 1.29 is 14.7 Å². The quantitative estimate of drug-likeness (QED) is 0.615. The molecule has 5 heteroatoms. The highest BCUT2D eigenvalue weighted by molar-refractivity contribution is 6.13. The van der Waals surface area contributed by atoms with Crippen molar-refractivity contribution in [1.82, 2.24) is 4.98 Å². The van der Waals surface area contributed by atoms with Crippen LogP contribution in [0.15, 0.2) is 48.7 Å². The molecule has 2 N–H and O–H groups in total. The van der Waals surface area contributed by atoms with Crippen LogP contribution < -0.4 is 4.90 Å². The molecule has 0 fully saturated rings. The van der Waals surface area contributed by atoms with E-state index in [4.69, 9.17) is 0 Å². The SMILES string of the molecule is Cc1ccc2c(c1)C(O)(CC(=O)c1c[nH]c3ccccc13)C(=O)N2CCC(C)C. The van der Waals surface area contributed by atoms with Crippen LogP contribution in [0, 0.1) is 12.8 Å². The molecule has 4 rings (SSSR count). The smallest absolute Gasteiger partial charge is 0.264 e. The van der Waals surface area contributed by atoms with Gasteiger partial charge in [-0.1, -0.05) is 49.7 Å². The second kappa shape index (κ2) is 7.16. The van der Waals surface area contributed by atoms with Crippen LogP contribution in [0.3, 0.4) is 0 Å². The normalized spacial score (nSPS) is 18.7. The monoisotopic (exact) mass is 390 g/mol. The number of amides is 1. The second-order valence-corrected chi connectivity index (χ2v) is 8.37. The number of H-pyrrole nitrogens is 1. The van der Waals surface area contributed by atoms with Gasteiger partial charge in [0.25, 0.3) is 5.91 Å². The summed E-state index contributed by atoms with van der Waals surface area (Å²) in [6, 6.07) is 13.2. The van der Waals surface area contributed by atoms with Crippen molar-refractivity contribution in [1.29, 1.82) is 0 Å². The first kappa shape index (κ1) is 19.4. The number of hydrogen-bond donors (Lipinski definition) is 2. The number of aromatic amines is 1. The maximum Gasteiger partial charge on any atom is 0.264 e. The Kier molecular flexibility index (Phi) is 4.79. The average molecular weight is 390 g/mol. The molecule has 0 spiro atoms. The summed E-state index contributed by atoms with van der Waals surface area (Å²) >= 11 is 0. The number of ketones is 1. The number of rotatable bonds is 6. The van der Waals surface area contributed by atoms with Gasteiger partial charge < -0.3 is 15.0 Å². The van der Waals surface area contributed by atoms with Crippen LogP contribution in [-0.4, -0.2) is 28.3 Å². The number of nitrogens with zero attached hydrogens (tertiary/aromatic N) is 1. The molecule has 1 atom stereocenters. The molecule has 29 heavy (non-hydrogen) atoms. The number of nitrogens with one attached hydrogen (secondary N) is 1. The molecule has 3 aromatic rings. The van der Waals surface area contributed by atoms with Gasteiger partial charge in [-0.15, -0.1) is 0 Å². The molecule has 2 aromatic carbocycles. The lowest BCUT2D eigenvalue weighted by Gasteiger charge is -2.23. The summed E-state index contributed by atoms with van der Waals surface area (Å²) in [5, 5.41) is 12.3. The lowest BCUT2D eigenvalue weighted by molar-refractivity contribution is -0.135. The van der Waals surface area contributed by atoms with E-state index in [-0.39, 0.29) is 12.2 Å². The Labute approximate surface area is 170 Å². The highest BCUT2D eigenvalue weighted by Gasteiger charge is 2.50. The van der Waals surface area contributed by atoms with E-state index in [9.17, 15) is 14.7 Å². The number of benzene rings is 2. The maximum absolute atomic E-state index is 13.3. The summed E-state index contributed by atoms with van der Waals surface area (Å²) in [6.07, 6.45) is 2.21. The van der Waals surface area contributed by atoms with E-state index in [1.165, 1.54) is 0 Å². The van der Waals surface area contributed by atoms with Crippen molar-refractivity contribution in [2.75, 3.05) is 11.4 Å². The number of aliphatic hydroxyl groups is 1. The molecular weight excluding hydrogens is 364 g/mol. The van der Waals surface area contributed by atoms with E-state index in [2.05, 4.69) is 18.8 Å². The summed E-state index contributed by atoms with van der Waals surface area (Å²) in [7, 11) is 0. The first-order valence-corrected chi connectivity index (χ1v) is 10.1. The third-order valence-electron chi connectivity index (χ3n) is 5.72. The van der Waals surface area contributed by atoms with Crippen LogP contribution in [0.2, 0.25) is 0 Å². The van der Waals surface area contributed by atoms with Crippen molar-refractivity contribution in [3.8, 4) is 0 Å². The van der Waals surface area contributed by atoms with Crippen LogP contribution in [-0.2, 0) is 10.4 Å². The molecule has 0 saturated heterocycles. The minimum Gasteiger partial charge on any atom is -0.375 e. The van der Waals surface area contributed by atoms with Gasteiger partial charge in [0, 0.05) is 34.8 Å². The fourth-order valence-electron chi connectivity index (χ4n) is 4.07. The Hall–Kier alpha value is -2.92. The molecule has 1 unspecified atom stereocenters. The molecule has 0 radical (unpaired) electrons. The molecule has 5 nitrogen and oxygen atoms in total. The number of Topliss-reactive ketones (excluding diaryl/α,β-unsaturated/α-hetero) is 1. The third-order valence-corrected chi connectivity index (χ3v) is 5.72. The van der Waals surface area contributed by atoms with Gasteiger partial charge in [-0.05, 0) is 31.4 Å². The van der Waals surface area contributed by atoms with Crippen molar-refractivity contribution in [2.45, 2.75) is 39.2 Å². The van der Waals surface area contributed by atoms with E-state index in [1.54, 1.807) is 11.1 Å². The Balaban J connectivity index is 1.71. The van der Waals surface area contributed by atoms with Gasteiger partial charge in [0.15, 0.2) is 11.4 Å². The van der Waals surface area contributed by atoms with Gasteiger partial charge in [-0.2, -0.15) is 0 Å². The number of aryl methyl sites for hydroxylation is 1. The Bertz CT molecular complexity index is 1100. The molecule has 0 aliphatic carbocycles. The zero-order valence-electron chi connectivity index (χ0n) is 17.0. The van der Waals surface area contributed by atoms with E-state index < -0.39 is 11.5 Å². The first-order valence-electron chi connectivity index (χ1n) is 10.1. The van der Waals surface area contributed by atoms with E-state index >= 15 is 0 Å². The summed E-state index contributed by atoms with van der Waals surface area (Å²) in [6.45, 7) is 6.65. The predicted octanol–water partition coefficient (Wildman–Crippen LogP) is 4.33. The number of hydrogen-bond acceptors (Lipinski definition) is 3. The summed E-state index contributed by atoms with van der Waals surface area (Å²) in [4.78, 5) is 31.2. The molecular formula is C24H26N2O3. The minimum atomic E-state index is -1.84. The second-order valence-electron chi connectivity index (χ2n) is 8.37. The lowest BCUT2D eigenvalue weighted by Crippen LogP contribution is -2.42. The highest BCUT2D eigenvalue weighted by Crippen LogP contribution is 2.44. The van der Waals surface area contributed by atoms with Crippen LogP contribution in [0.25, 0.3) is 10.9 Å².